The van der Waals surface area contributed by atoms with Crippen molar-refractivity contribution >= 4 is 15.9 Å². The molecule has 0 bridgehead atoms. The van der Waals surface area contributed by atoms with Gasteiger partial charge in [0, 0.05) is 16.5 Å². The molecular formula is C10H11BrO3. The van der Waals surface area contributed by atoms with Gasteiger partial charge in [-0.15, -0.1) is 0 Å². The topological polar surface area (TPSA) is 49.7 Å². The number of halogens is 1. The summed E-state index contributed by atoms with van der Waals surface area (Å²) in [6, 6.07) is 5.42. The van der Waals surface area contributed by atoms with E-state index in [4.69, 9.17) is 9.84 Å². The fraction of sp³-hybridized carbons (Fsp3) is 0.400. The van der Waals surface area contributed by atoms with E-state index in [-0.39, 0.29) is 6.61 Å². The van der Waals surface area contributed by atoms with Crippen LogP contribution in [0.4, 0.5) is 0 Å². The van der Waals surface area contributed by atoms with Crippen LogP contribution in [0.2, 0.25) is 0 Å². The molecule has 1 atom stereocenters. The van der Waals surface area contributed by atoms with Crippen LogP contribution < -0.4 is 4.74 Å². The first kappa shape index (κ1) is 9.96. The summed E-state index contributed by atoms with van der Waals surface area (Å²) in [6.45, 7) is 0.158. The van der Waals surface area contributed by atoms with Crippen molar-refractivity contribution in [1.82, 2.24) is 0 Å². The maximum Gasteiger partial charge on any atom is 0.125 e. The summed E-state index contributed by atoms with van der Waals surface area (Å²) in [4.78, 5) is 0. The third-order valence-corrected chi connectivity index (χ3v) is 2.97. The molecule has 1 unspecified atom stereocenters. The largest absolute Gasteiger partial charge is 0.493 e. The zero-order chi connectivity index (χ0) is 10.2. The minimum atomic E-state index is -1.16. The highest BCUT2D eigenvalue weighted by Crippen LogP contribution is 2.38. The quantitative estimate of drug-likeness (QED) is 0.801. The van der Waals surface area contributed by atoms with Crippen molar-refractivity contribution in [3.8, 4) is 5.75 Å². The molecule has 1 aliphatic rings. The van der Waals surface area contributed by atoms with Crippen LogP contribution in [0.25, 0.3) is 0 Å². The Morgan fingerprint density at radius 3 is 3.00 bits per heavy atom. The van der Waals surface area contributed by atoms with E-state index in [1.165, 1.54) is 0 Å². The summed E-state index contributed by atoms with van der Waals surface area (Å²) in [7, 11) is 0. The number of aliphatic hydroxyl groups is 2. The average Bonchev–Trinajstić information content (AvgIpc) is 2.20. The highest BCUT2D eigenvalue weighted by Gasteiger charge is 2.35. The molecule has 3 nitrogen and oxygen atoms in total. The summed E-state index contributed by atoms with van der Waals surface area (Å²) in [5, 5.41) is 19.3. The van der Waals surface area contributed by atoms with Gasteiger partial charge in [0.2, 0.25) is 0 Å². The summed E-state index contributed by atoms with van der Waals surface area (Å²) in [5.74, 6) is 0.649. The number of ether oxygens (including phenoxy) is 1. The Kier molecular flexibility index (Phi) is 2.51. The summed E-state index contributed by atoms with van der Waals surface area (Å²) < 4.78 is 6.25. The standard InChI is InChI=1S/C10H11BrO3/c11-7-1-2-9-8(5-7)10(13,6-12)3-4-14-9/h1-2,5,12-13H,3-4,6H2. The number of hydrogen-bond donors (Lipinski definition) is 2. The molecule has 0 amide bonds. The Labute approximate surface area is 90.5 Å². The van der Waals surface area contributed by atoms with Crippen molar-refractivity contribution in [3.63, 3.8) is 0 Å². The van der Waals surface area contributed by atoms with Crippen LogP contribution in [0.3, 0.4) is 0 Å². The molecule has 0 fully saturated rings. The first-order valence-corrected chi connectivity index (χ1v) is 5.21. The number of hydrogen-bond acceptors (Lipinski definition) is 3. The van der Waals surface area contributed by atoms with Gasteiger partial charge in [-0.1, -0.05) is 15.9 Å². The highest BCUT2D eigenvalue weighted by molar-refractivity contribution is 9.10. The summed E-state index contributed by atoms with van der Waals surface area (Å²) in [6.07, 6.45) is 0.424. The molecule has 1 aliphatic heterocycles. The van der Waals surface area contributed by atoms with Crippen LogP contribution in [0.1, 0.15) is 12.0 Å². The molecule has 1 aromatic rings. The van der Waals surface area contributed by atoms with Crippen molar-refractivity contribution in [2.75, 3.05) is 13.2 Å². The zero-order valence-electron chi connectivity index (χ0n) is 7.53. The Bertz CT molecular complexity index is 353. The van der Waals surface area contributed by atoms with E-state index in [0.717, 1.165) is 4.47 Å². The van der Waals surface area contributed by atoms with E-state index in [9.17, 15) is 5.11 Å². The molecule has 0 spiro atoms. The number of fused-ring (bicyclic) bond motifs is 1. The monoisotopic (exact) mass is 258 g/mol. The fourth-order valence-corrected chi connectivity index (χ4v) is 1.98. The predicted octanol–water partition coefficient (Wildman–Crippen LogP) is 1.41. The second kappa shape index (κ2) is 3.53. The maximum atomic E-state index is 10.1. The van der Waals surface area contributed by atoms with Gasteiger partial charge >= 0.3 is 0 Å². The lowest BCUT2D eigenvalue weighted by Crippen LogP contribution is -2.36. The third kappa shape index (κ3) is 1.54. The van der Waals surface area contributed by atoms with Gasteiger partial charge in [0.15, 0.2) is 0 Å². The van der Waals surface area contributed by atoms with Gasteiger partial charge < -0.3 is 14.9 Å². The molecule has 0 saturated heterocycles. The second-order valence-electron chi connectivity index (χ2n) is 3.43. The fourth-order valence-electron chi connectivity index (χ4n) is 1.62. The van der Waals surface area contributed by atoms with E-state index < -0.39 is 5.60 Å². The van der Waals surface area contributed by atoms with Crippen LogP contribution in [0.5, 0.6) is 5.75 Å². The van der Waals surface area contributed by atoms with E-state index in [1.807, 2.05) is 6.07 Å². The Balaban J connectivity index is 2.52. The van der Waals surface area contributed by atoms with Crippen molar-refractivity contribution in [3.05, 3.63) is 28.2 Å². The van der Waals surface area contributed by atoms with Gasteiger partial charge in [0.05, 0.1) is 13.2 Å². The van der Waals surface area contributed by atoms with E-state index in [2.05, 4.69) is 15.9 Å². The summed E-state index contributed by atoms with van der Waals surface area (Å²) >= 11 is 3.32. The lowest BCUT2D eigenvalue weighted by Gasteiger charge is -2.32. The van der Waals surface area contributed by atoms with Crippen LogP contribution in [-0.4, -0.2) is 23.4 Å². The molecule has 2 N–H and O–H groups in total. The van der Waals surface area contributed by atoms with Crippen molar-refractivity contribution < 1.29 is 14.9 Å². The minimum absolute atomic E-state index is 0.278. The Morgan fingerprint density at radius 2 is 2.29 bits per heavy atom. The van der Waals surface area contributed by atoms with Crippen molar-refractivity contribution in [2.24, 2.45) is 0 Å². The smallest absolute Gasteiger partial charge is 0.125 e. The van der Waals surface area contributed by atoms with Gasteiger partial charge in [0.1, 0.15) is 11.4 Å². The maximum absolute atomic E-state index is 10.1. The van der Waals surface area contributed by atoms with Crippen molar-refractivity contribution in [1.29, 1.82) is 0 Å². The molecule has 0 aromatic heterocycles. The number of aliphatic hydroxyl groups excluding tert-OH is 1. The number of rotatable bonds is 1. The van der Waals surface area contributed by atoms with Gasteiger partial charge in [-0.05, 0) is 18.2 Å². The molecule has 1 aromatic carbocycles. The van der Waals surface area contributed by atoms with E-state index in [1.54, 1.807) is 12.1 Å². The summed E-state index contributed by atoms with van der Waals surface area (Å²) in [5.41, 5.74) is -0.502. The second-order valence-corrected chi connectivity index (χ2v) is 4.34. The normalized spacial score (nSPS) is 25.4. The van der Waals surface area contributed by atoms with Crippen LogP contribution in [0, 0.1) is 0 Å². The molecule has 1 heterocycles. The first-order chi connectivity index (χ1) is 6.65. The molecule has 0 radical (unpaired) electrons. The number of benzene rings is 1. The highest BCUT2D eigenvalue weighted by atomic mass is 79.9. The van der Waals surface area contributed by atoms with Gasteiger partial charge in [-0.25, -0.2) is 0 Å². The third-order valence-electron chi connectivity index (χ3n) is 2.48. The van der Waals surface area contributed by atoms with E-state index >= 15 is 0 Å². The van der Waals surface area contributed by atoms with Crippen LogP contribution in [-0.2, 0) is 5.60 Å². The molecular weight excluding hydrogens is 248 g/mol. The zero-order valence-corrected chi connectivity index (χ0v) is 9.12. The molecule has 4 heteroatoms. The lowest BCUT2D eigenvalue weighted by atomic mass is 9.89. The van der Waals surface area contributed by atoms with Gasteiger partial charge in [-0.2, -0.15) is 0 Å². The van der Waals surface area contributed by atoms with Gasteiger partial charge in [0.25, 0.3) is 0 Å². The predicted molar refractivity (Wildman–Crippen MR) is 55.2 cm³/mol. The molecule has 76 valence electrons. The van der Waals surface area contributed by atoms with E-state index in [0.29, 0.717) is 24.3 Å². The molecule has 14 heavy (non-hydrogen) atoms. The minimum Gasteiger partial charge on any atom is -0.493 e. The van der Waals surface area contributed by atoms with Crippen LogP contribution in [0.15, 0.2) is 22.7 Å². The van der Waals surface area contributed by atoms with Crippen LogP contribution >= 0.6 is 15.9 Å². The van der Waals surface area contributed by atoms with Gasteiger partial charge in [-0.3, -0.25) is 0 Å². The van der Waals surface area contributed by atoms with Crippen molar-refractivity contribution in [2.45, 2.75) is 12.0 Å². The lowest BCUT2D eigenvalue weighted by molar-refractivity contribution is -0.0476. The Morgan fingerprint density at radius 1 is 1.50 bits per heavy atom. The first-order valence-electron chi connectivity index (χ1n) is 4.42. The molecule has 0 aliphatic carbocycles. The average molecular weight is 259 g/mol. The molecule has 0 saturated carbocycles. The molecule has 2 rings (SSSR count). The Hall–Kier alpha value is -0.580. The SMILES string of the molecule is OCC1(O)CCOc2ccc(Br)cc21.